The molecule has 2 amide bonds. The van der Waals surface area contributed by atoms with Crippen LogP contribution in [-0.4, -0.2) is 21.6 Å². The number of anilines is 1. The Morgan fingerprint density at radius 1 is 1.04 bits per heavy atom. The minimum absolute atomic E-state index is 0.0759. The molecule has 126 valence electrons. The van der Waals surface area contributed by atoms with Crippen molar-refractivity contribution in [1.82, 2.24) is 9.78 Å². The number of hydrogen-bond acceptors (Lipinski definition) is 3. The van der Waals surface area contributed by atoms with E-state index in [1.165, 1.54) is 16.0 Å². The Morgan fingerprint density at radius 3 is 2.40 bits per heavy atom. The molecule has 5 rings (SSSR count). The Balaban J connectivity index is 1.42. The van der Waals surface area contributed by atoms with Crippen LogP contribution in [0, 0.1) is 30.6 Å². The maximum atomic E-state index is 12.8. The van der Waals surface area contributed by atoms with Gasteiger partial charge in [0, 0.05) is 12.3 Å². The topological polar surface area (TPSA) is 55.2 Å². The number of imide groups is 1. The van der Waals surface area contributed by atoms with E-state index in [-0.39, 0.29) is 35.5 Å². The van der Waals surface area contributed by atoms with Crippen molar-refractivity contribution in [3.63, 3.8) is 0 Å². The fraction of sp³-hybridized carbons (Fsp3) is 0.350. The molecule has 4 atom stereocenters. The number of benzene rings is 1. The normalized spacial score (nSPS) is 29.7. The second-order valence-corrected chi connectivity index (χ2v) is 7.31. The van der Waals surface area contributed by atoms with Gasteiger partial charge in [-0.1, -0.05) is 36.4 Å². The van der Waals surface area contributed by atoms with Gasteiger partial charge in [0.1, 0.15) is 0 Å². The maximum Gasteiger partial charge on any atom is 0.239 e. The Hall–Kier alpha value is -2.69. The lowest BCUT2D eigenvalue weighted by atomic mass is 9.85. The summed E-state index contributed by atoms with van der Waals surface area (Å²) in [5, 5.41) is 4.51. The van der Waals surface area contributed by atoms with E-state index in [1.807, 2.05) is 18.3 Å². The zero-order valence-corrected chi connectivity index (χ0v) is 14.0. The molecule has 3 aliphatic rings. The van der Waals surface area contributed by atoms with Crippen LogP contribution in [0.2, 0.25) is 0 Å². The Kier molecular flexibility index (Phi) is 3.02. The van der Waals surface area contributed by atoms with Crippen LogP contribution in [0.1, 0.15) is 17.5 Å². The van der Waals surface area contributed by atoms with Gasteiger partial charge in [0.05, 0.1) is 18.4 Å². The van der Waals surface area contributed by atoms with Crippen LogP contribution in [-0.2, 0) is 16.1 Å². The third-order valence-corrected chi connectivity index (χ3v) is 5.92. The molecule has 0 unspecified atom stereocenters. The first kappa shape index (κ1) is 14.6. The van der Waals surface area contributed by atoms with Crippen molar-refractivity contribution >= 4 is 17.6 Å². The van der Waals surface area contributed by atoms with Crippen LogP contribution in [0.15, 0.2) is 48.7 Å². The van der Waals surface area contributed by atoms with E-state index >= 15 is 0 Å². The monoisotopic (exact) mass is 333 g/mol. The van der Waals surface area contributed by atoms with E-state index in [2.05, 4.69) is 36.3 Å². The fourth-order valence-corrected chi connectivity index (χ4v) is 4.65. The first-order chi connectivity index (χ1) is 12.1. The Morgan fingerprint density at radius 2 is 1.72 bits per heavy atom. The maximum absolute atomic E-state index is 12.8. The number of allylic oxidation sites excluding steroid dienone is 2. The van der Waals surface area contributed by atoms with Gasteiger partial charge in [-0.15, -0.1) is 0 Å². The summed E-state index contributed by atoms with van der Waals surface area (Å²) in [6.07, 6.45) is 7.00. The highest BCUT2D eigenvalue weighted by Crippen LogP contribution is 2.53. The molecule has 2 bridgehead atoms. The predicted molar refractivity (Wildman–Crippen MR) is 92.7 cm³/mol. The van der Waals surface area contributed by atoms with E-state index in [4.69, 9.17) is 0 Å². The van der Waals surface area contributed by atoms with Crippen molar-refractivity contribution < 1.29 is 9.59 Å². The van der Waals surface area contributed by atoms with Gasteiger partial charge in [0.15, 0.2) is 5.82 Å². The third-order valence-electron chi connectivity index (χ3n) is 5.92. The summed E-state index contributed by atoms with van der Waals surface area (Å²) in [5.74, 6) is 0.405. The first-order valence-electron chi connectivity index (χ1n) is 8.77. The molecule has 5 nitrogen and oxygen atoms in total. The Bertz CT molecular complexity index is 883. The van der Waals surface area contributed by atoms with Crippen molar-refractivity contribution in [2.75, 3.05) is 4.90 Å². The van der Waals surface area contributed by atoms with Crippen LogP contribution in [0.5, 0.6) is 0 Å². The summed E-state index contributed by atoms with van der Waals surface area (Å²) in [6.45, 7) is 2.69. The molecule has 1 aromatic carbocycles. The van der Waals surface area contributed by atoms with Crippen LogP contribution >= 0.6 is 0 Å². The number of nitrogens with zero attached hydrogens (tertiary/aromatic N) is 3. The Labute approximate surface area is 145 Å². The molecule has 0 radical (unpaired) electrons. The average molecular weight is 333 g/mol. The predicted octanol–water partition coefficient (Wildman–Crippen LogP) is 2.55. The minimum atomic E-state index is -0.177. The molecule has 1 saturated heterocycles. The van der Waals surface area contributed by atoms with Gasteiger partial charge in [0.25, 0.3) is 0 Å². The summed E-state index contributed by atoms with van der Waals surface area (Å²) in [7, 11) is 0. The van der Waals surface area contributed by atoms with Crippen molar-refractivity contribution in [3.8, 4) is 0 Å². The number of rotatable bonds is 3. The lowest BCUT2D eigenvalue weighted by molar-refractivity contribution is -0.123. The van der Waals surface area contributed by atoms with Gasteiger partial charge in [-0.3, -0.25) is 14.3 Å². The standard InChI is InChI=1S/C20H19N3O2/c1-12-4-2-3-5-15(12)11-22-9-8-16(21-22)23-19(24)17-13-6-7-14(10-13)18(17)20(23)25/h2-9,13-14,17-18H,10-11H2,1H3/t13-,14+,17-,18+. The van der Waals surface area contributed by atoms with Crippen LogP contribution < -0.4 is 4.90 Å². The summed E-state index contributed by atoms with van der Waals surface area (Å²) in [5.41, 5.74) is 2.38. The zero-order chi connectivity index (χ0) is 17.1. The lowest BCUT2D eigenvalue weighted by Gasteiger charge is -2.14. The minimum Gasteiger partial charge on any atom is -0.274 e. The lowest BCUT2D eigenvalue weighted by Crippen LogP contribution is -2.33. The smallest absolute Gasteiger partial charge is 0.239 e. The zero-order valence-electron chi connectivity index (χ0n) is 14.0. The van der Waals surface area contributed by atoms with E-state index in [1.54, 1.807) is 10.7 Å². The van der Waals surface area contributed by atoms with Gasteiger partial charge in [-0.05, 0) is 36.3 Å². The van der Waals surface area contributed by atoms with Crippen LogP contribution in [0.25, 0.3) is 0 Å². The second-order valence-electron chi connectivity index (χ2n) is 7.31. The molecule has 5 heteroatoms. The number of hydrogen-bond donors (Lipinski definition) is 0. The van der Waals surface area contributed by atoms with Gasteiger partial charge < -0.3 is 0 Å². The number of carbonyl (C=O) groups excluding carboxylic acids is 2. The van der Waals surface area contributed by atoms with Gasteiger partial charge in [-0.25, -0.2) is 4.90 Å². The first-order valence-corrected chi connectivity index (χ1v) is 8.77. The summed E-state index contributed by atoms with van der Waals surface area (Å²) >= 11 is 0. The molecule has 25 heavy (non-hydrogen) atoms. The van der Waals surface area contributed by atoms with Gasteiger partial charge in [-0.2, -0.15) is 5.10 Å². The van der Waals surface area contributed by atoms with E-state index in [9.17, 15) is 9.59 Å². The summed E-state index contributed by atoms with van der Waals surface area (Å²) in [4.78, 5) is 27.0. The average Bonchev–Trinajstić information content (AvgIpc) is 3.35. The van der Waals surface area contributed by atoms with Crippen molar-refractivity contribution in [2.24, 2.45) is 23.7 Å². The number of aromatic nitrogens is 2. The molecule has 1 aromatic heterocycles. The van der Waals surface area contributed by atoms with Crippen molar-refractivity contribution in [1.29, 1.82) is 0 Å². The number of amides is 2. The highest BCUT2D eigenvalue weighted by atomic mass is 16.2. The van der Waals surface area contributed by atoms with Crippen molar-refractivity contribution in [3.05, 3.63) is 59.8 Å². The second kappa shape index (κ2) is 5.15. The van der Waals surface area contributed by atoms with E-state index in [0.29, 0.717) is 12.4 Å². The number of aryl methyl sites for hydroxylation is 1. The highest BCUT2D eigenvalue weighted by Gasteiger charge is 2.59. The quantitative estimate of drug-likeness (QED) is 0.641. The van der Waals surface area contributed by atoms with Crippen LogP contribution in [0.4, 0.5) is 5.82 Å². The fourth-order valence-electron chi connectivity index (χ4n) is 4.65. The molecule has 1 saturated carbocycles. The third kappa shape index (κ3) is 2.05. The SMILES string of the molecule is Cc1ccccc1Cn1ccc(N2C(=O)[C@@H]3[C@H](C2=O)[C@@H]2C=C[C@H]3C2)n1. The molecule has 0 N–H and O–H groups in total. The number of fused-ring (bicyclic) bond motifs is 5. The van der Waals surface area contributed by atoms with Gasteiger partial charge in [0.2, 0.25) is 11.8 Å². The van der Waals surface area contributed by atoms with Gasteiger partial charge >= 0.3 is 0 Å². The largest absolute Gasteiger partial charge is 0.274 e. The molecule has 0 spiro atoms. The molecular weight excluding hydrogens is 314 g/mol. The van der Waals surface area contributed by atoms with Crippen LogP contribution in [0.3, 0.4) is 0 Å². The van der Waals surface area contributed by atoms with Crippen molar-refractivity contribution in [2.45, 2.75) is 19.9 Å². The number of carbonyl (C=O) groups is 2. The summed E-state index contributed by atoms with van der Waals surface area (Å²) < 4.78 is 1.79. The molecule has 2 aromatic rings. The molecular formula is C20H19N3O2. The molecule has 2 aliphatic carbocycles. The molecule has 2 heterocycles. The molecule has 2 fully saturated rings. The summed E-state index contributed by atoms with van der Waals surface area (Å²) in [6, 6.07) is 9.92. The highest BCUT2D eigenvalue weighted by molar-refractivity contribution is 6.22. The molecule has 1 aliphatic heterocycles. The van der Waals surface area contributed by atoms with E-state index < -0.39 is 0 Å². The van der Waals surface area contributed by atoms with E-state index in [0.717, 1.165) is 6.42 Å².